The lowest BCUT2D eigenvalue weighted by atomic mass is 9.95. The molecule has 0 amide bonds. The normalized spacial score (nSPS) is 13.6. The van der Waals surface area contributed by atoms with Gasteiger partial charge in [0.05, 0.1) is 12.1 Å². The van der Waals surface area contributed by atoms with Crippen molar-refractivity contribution in [1.82, 2.24) is 0 Å². The van der Waals surface area contributed by atoms with E-state index in [1.807, 2.05) is 30.3 Å². The van der Waals surface area contributed by atoms with Crippen LogP contribution < -0.4 is 11.5 Å². The second kappa shape index (κ2) is 13.1. The summed E-state index contributed by atoms with van der Waals surface area (Å²) in [6, 6.07) is 9.00. The summed E-state index contributed by atoms with van der Waals surface area (Å²) < 4.78 is 0. The van der Waals surface area contributed by atoms with Crippen LogP contribution in [0.2, 0.25) is 0 Å². The molecular weight excluding hydrogens is 296 g/mol. The van der Waals surface area contributed by atoms with Crippen LogP contribution in [0.25, 0.3) is 0 Å². The molecule has 136 valence electrons. The minimum Gasteiger partial charge on any atom is -0.321 e. The first-order valence-electron chi connectivity index (χ1n) is 9.74. The molecular formula is C21H36N2O. The van der Waals surface area contributed by atoms with E-state index in [1.54, 1.807) is 0 Å². The van der Waals surface area contributed by atoms with Crippen LogP contribution in [0.3, 0.4) is 0 Å². The summed E-state index contributed by atoms with van der Waals surface area (Å²) in [7, 11) is 0. The van der Waals surface area contributed by atoms with Crippen molar-refractivity contribution in [2.24, 2.45) is 11.5 Å². The van der Waals surface area contributed by atoms with Crippen LogP contribution in [0.1, 0.15) is 76.7 Å². The third-order valence-corrected chi connectivity index (χ3v) is 4.65. The third-order valence-electron chi connectivity index (χ3n) is 4.65. The lowest BCUT2D eigenvalue weighted by Crippen LogP contribution is -2.44. The van der Waals surface area contributed by atoms with Crippen molar-refractivity contribution in [3.8, 4) is 0 Å². The zero-order valence-electron chi connectivity index (χ0n) is 15.4. The van der Waals surface area contributed by atoms with Crippen molar-refractivity contribution in [2.45, 2.75) is 89.6 Å². The van der Waals surface area contributed by atoms with Gasteiger partial charge in [0, 0.05) is 0 Å². The molecule has 4 N–H and O–H groups in total. The number of carbonyl (C=O) groups is 1. The molecule has 0 aliphatic heterocycles. The maximum absolute atomic E-state index is 12.3. The molecule has 0 saturated heterocycles. The zero-order chi connectivity index (χ0) is 17.6. The van der Waals surface area contributed by atoms with Crippen molar-refractivity contribution < 1.29 is 4.79 Å². The summed E-state index contributed by atoms with van der Waals surface area (Å²) >= 11 is 0. The maximum atomic E-state index is 12.3. The van der Waals surface area contributed by atoms with Crippen molar-refractivity contribution in [3.05, 3.63) is 35.9 Å². The van der Waals surface area contributed by atoms with Gasteiger partial charge in [-0.15, -0.1) is 0 Å². The number of rotatable bonds is 14. The van der Waals surface area contributed by atoms with Crippen molar-refractivity contribution >= 4 is 5.78 Å². The number of ketones is 1. The monoisotopic (exact) mass is 332 g/mol. The maximum Gasteiger partial charge on any atom is 0.166 e. The van der Waals surface area contributed by atoms with E-state index in [-0.39, 0.29) is 5.78 Å². The van der Waals surface area contributed by atoms with Gasteiger partial charge in [-0.2, -0.15) is 0 Å². The van der Waals surface area contributed by atoms with Crippen LogP contribution in [0.15, 0.2) is 30.3 Å². The molecule has 0 radical (unpaired) electrons. The number of hydrogen-bond donors (Lipinski definition) is 2. The number of Topliss-reactive ketones (excluding diaryl/α,β-unsaturated/α-hetero) is 1. The molecule has 1 aromatic carbocycles. The van der Waals surface area contributed by atoms with Crippen LogP contribution in [0, 0.1) is 0 Å². The predicted molar refractivity (Wildman–Crippen MR) is 103 cm³/mol. The first kappa shape index (κ1) is 20.9. The summed E-state index contributed by atoms with van der Waals surface area (Å²) in [5.41, 5.74) is 13.2. The molecule has 3 nitrogen and oxygen atoms in total. The van der Waals surface area contributed by atoms with E-state index in [0.717, 1.165) is 18.4 Å². The van der Waals surface area contributed by atoms with Crippen LogP contribution in [-0.2, 0) is 11.2 Å². The highest BCUT2D eigenvalue weighted by Crippen LogP contribution is 2.12. The average molecular weight is 333 g/mol. The molecule has 1 rings (SSSR count). The summed E-state index contributed by atoms with van der Waals surface area (Å²) in [4.78, 5) is 12.3. The lowest BCUT2D eigenvalue weighted by molar-refractivity contribution is -0.121. The molecule has 0 saturated carbocycles. The van der Waals surface area contributed by atoms with Gasteiger partial charge in [-0.25, -0.2) is 0 Å². The number of unbranched alkanes of at least 4 members (excludes halogenated alkanes) is 8. The Bertz CT molecular complexity index is 433. The van der Waals surface area contributed by atoms with Gasteiger partial charge in [0.25, 0.3) is 0 Å². The van der Waals surface area contributed by atoms with Gasteiger partial charge in [0.2, 0.25) is 0 Å². The number of nitrogens with two attached hydrogens (primary N) is 2. The molecule has 1 aromatic rings. The van der Waals surface area contributed by atoms with Crippen LogP contribution in [-0.4, -0.2) is 17.9 Å². The molecule has 0 bridgehead atoms. The zero-order valence-corrected chi connectivity index (χ0v) is 15.4. The van der Waals surface area contributed by atoms with E-state index in [9.17, 15) is 4.79 Å². The molecule has 0 aliphatic rings. The highest BCUT2D eigenvalue weighted by Gasteiger charge is 2.20. The first-order chi connectivity index (χ1) is 11.6. The van der Waals surface area contributed by atoms with E-state index in [4.69, 9.17) is 11.5 Å². The van der Waals surface area contributed by atoms with Crippen LogP contribution in [0.5, 0.6) is 0 Å². The fourth-order valence-electron chi connectivity index (χ4n) is 3.06. The average Bonchev–Trinajstić information content (AvgIpc) is 2.60. The van der Waals surface area contributed by atoms with Gasteiger partial charge >= 0.3 is 0 Å². The van der Waals surface area contributed by atoms with Gasteiger partial charge in [0.15, 0.2) is 5.78 Å². The largest absolute Gasteiger partial charge is 0.321 e. The van der Waals surface area contributed by atoms with Crippen LogP contribution >= 0.6 is 0 Å². The minimum atomic E-state index is -0.485. The molecule has 0 aliphatic carbocycles. The van der Waals surface area contributed by atoms with Crippen molar-refractivity contribution in [2.75, 3.05) is 0 Å². The lowest BCUT2D eigenvalue weighted by Gasteiger charge is -2.16. The summed E-state index contributed by atoms with van der Waals surface area (Å²) in [6.07, 6.45) is 12.8. The third kappa shape index (κ3) is 9.19. The van der Waals surface area contributed by atoms with Gasteiger partial charge in [-0.1, -0.05) is 95.0 Å². The van der Waals surface area contributed by atoms with Crippen LogP contribution in [0.4, 0.5) is 0 Å². The topological polar surface area (TPSA) is 69.1 Å². The van der Waals surface area contributed by atoms with E-state index in [1.165, 1.54) is 51.4 Å². The highest BCUT2D eigenvalue weighted by atomic mass is 16.1. The highest BCUT2D eigenvalue weighted by molar-refractivity contribution is 5.88. The van der Waals surface area contributed by atoms with Gasteiger partial charge < -0.3 is 11.5 Å². The quantitative estimate of drug-likeness (QED) is 0.497. The molecule has 0 heterocycles. The van der Waals surface area contributed by atoms with Gasteiger partial charge in [-0.3, -0.25) is 4.79 Å². The van der Waals surface area contributed by atoms with Gasteiger partial charge in [0.1, 0.15) is 0 Å². The molecule has 0 aromatic heterocycles. The Morgan fingerprint density at radius 2 is 1.38 bits per heavy atom. The molecule has 1 unspecified atom stereocenters. The standard InChI is InChI=1S/C21H36N2O/c1-2-3-4-5-6-7-8-9-13-16-19(22)21(24)20(23)17-18-14-11-10-12-15-18/h10-12,14-15,19-20H,2-9,13,16-17,22-23H2,1H3/t19?,20-/m0/s1. The molecule has 0 spiro atoms. The van der Waals surface area contributed by atoms with E-state index >= 15 is 0 Å². The summed E-state index contributed by atoms with van der Waals surface area (Å²) in [5.74, 6) is -0.00146. The Kier molecular flexibility index (Phi) is 11.4. The Labute approximate surface area is 148 Å². The Morgan fingerprint density at radius 1 is 0.833 bits per heavy atom. The fraction of sp³-hybridized carbons (Fsp3) is 0.667. The number of benzene rings is 1. The second-order valence-corrected chi connectivity index (χ2v) is 6.92. The minimum absolute atomic E-state index is 0.00146. The first-order valence-corrected chi connectivity index (χ1v) is 9.74. The SMILES string of the molecule is CCCCCCCCCCCC(N)C(=O)[C@@H](N)Cc1ccccc1. The molecule has 3 heteroatoms. The van der Waals surface area contributed by atoms with E-state index < -0.39 is 12.1 Å². The predicted octanol–water partition coefficient (Wildman–Crippen LogP) is 4.37. The Morgan fingerprint density at radius 3 is 1.96 bits per heavy atom. The summed E-state index contributed by atoms with van der Waals surface area (Å²) in [5, 5.41) is 0. The number of carbonyl (C=O) groups excluding carboxylic acids is 1. The molecule has 2 atom stereocenters. The summed E-state index contributed by atoms with van der Waals surface area (Å²) in [6.45, 7) is 2.25. The Balaban J connectivity index is 2.09. The molecule has 24 heavy (non-hydrogen) atoms. The van der Waals surface area contributed by atoms with E-state index in [2.05, 4.69) is 6.92 Å². The smallest absolute Gasteiger partial charge is 0.166 e. The number of hydrogen-bond acceptors (Lipinski definition) is 3. The van der Waals surface area contributed by atoms with Crippen molar-refractivity contribution in [1.29, 1.82) is 0 Å². The van der Waals surface area contributed by atoms with Crippen molar-refractivity contribution in [3.63, 3.8) is 0 Å². The molecule has 0 fully saturated rings. The van der Waals surface area contributed by atoms with Gasteiger partial charge in [-0.05, 0) is 18.4 Å². The second-order valence-electron chi connectivity index (χ2n) is 6.92. The van der Waals surface area contributed by atoms with E-state index in [0.29, 0.717) is 6.42 Å². The fourth-order valence-corrected chi connectivity index (χ4v) is 3.06. The Hall–Kier alpha value is -1.19.